The van der Waals surface area contributed by atoms with Gasteiger partial charge in [-0.05, 0) is 77.7 Å². The predicted molar refractivity (Wildman–Crippen MR) is 292 cm³/mol. The van der Waals surface area contributed by atoms with E-state index in [1.165, 1.54) is 26.2 Å². The van der Waals surface area contributed by atoms with Gasteiger partial charge in [0.15, 0.2) is 0 Å². The summed E-state index contributed by atoms with van der Waals surface area (Å²) in [6, 6.07) is 2.21. The van der Waals surface area contributed by atoms with E-state index in [1.54, 1.807) is 112 Å². The first-order valence-corrected chi connectivity index (χ1v) is 27.2. The largest absolute Gasteiger partial charge is 0.480 e. The van der Waals surface area contributed by atoms with E-state index in [-0.39, 0.29) is 24.7 Å². The quantitative estimate of drug-likeness (QED) is 0.0823. The van der Waals surface area contributed by atoms with Crippen molar-refractivity contribution in [1.29, 1.82) is 0 Å². The highest BCUT2D eigenvalue weighted by molar-refractivity contribution is 6.15. The van der Waals surface area contributed by atoms with Crippen LogP contribution in [0.25, 0.3) is 0 Å². The molecule has 0 unspecified atom stereocenters. The first-order chi connectivity index (χ1) is 36.7. The van der Waals surface area contributed by atoms with E-state index in [0.717, 1.165) is 27.5 Å². The molecule has 0 aromatic heterocycles. The highest BCUT2D eigenvalue weighted by atomic mass is 16.6. The molecule has 2 aliphatic heterocycles. The Balaban J connectivity index is 1.92. The number of hydrogen-bond donors (Lipinski definition) is 3. The number of likely N-dealkylation sites (tertiary alicyclic amines) is 1. The molecule has 2 heterocycles. The van der Waals surface area contributed by atoms with Gasteiger partial charge in [-0.15, -0.1) is 0 Å². The van der Waals surface area contributed by atoms with Crippen LogP contribution < -0.4 is 10.6 Å². The van der Waals surface area contributed by atoms with Crippen molar-refractivity contribution in [3.05, 3.63) is 48.0 Å². The van der Waals surface area contributed by atoms with Crippen molar-refractivity contribution >= 4 is 59.4 Å². The Morgan fingerprint density at radius 2 is 1.35 bits per heavy atom. The third kappa shape index (κ3) is 18.6. The maximum absolute atomic E-state index is 14.9. The fourth-order valence-electron chi connectivity index (χ4n) is 10.2. The lowest BCUT2D eigenvalue weighted by atomic mass is 9.89. The number of amides is 8. The predicted octanol–water partition coefficient (Wildman–Crippen LogP) is 4.22. The second-order valence-corrected chi connectivity index (χ2v) is 23.4. The number of carbonyl (C=O) groups is 10. The third-order valence-electron chi connectivity index (χ3n) is 14.3. The molecule has 0 spiro atoms. The minimum Gasteiger partial charge on any atom is -0.480 e. The van der Waals surface area contributed by atoms with E-state index in [4.69, 9.17) is 18.9 Å². The summed E-state index contributed by atoms with van der Waals surface area (Å²) in [4.78, 5) is 144. The van der Waals surface area contributed by atoms with Gasteiger partial charge < -0.3 is 49.4 Å². The number of aliphatic carboxylic acids is 1. The normalized spacial score (nSPS) is 18.2. The summed E-state index contributed by atoms with van der Waals surface area (Å²) in [5.41, 5.74) is -1.29. The van der Waals surface area contributed by atoms with Crippen LogP contribution in [0.5, 0.6) is 0 Å². The molecule has 22 nitrogen and oxygen atoms in total. The van der Waals surface area contributed by atoms with Crippen molar-refractivity contribution in [2.75, 3.05) is 47.9 Å². The zero-order valence-corrected chi connectivity index (χ0v) is 49.5. The SMILES string of the molecule is CC[C@H](C)[C@H]([C@@H](CC(=O)N1CCC[C@H]1[C@@H](OC)[C@@H](C)C(=O)N[C@@H](Cc1ccccc1)C(=O)O)OC)N(C)C(=O)[C@@H](NC(=O)[C@@H](C(C)C)N(C)C(=O)[C@H](CN(CC(=O)OC(C)(C)C)C(=O)OC(C)(C)C)N1C(=O)C=CC1=O)C(C)C. The Hall–Kier alpha value is -6.42. The topological polar surface area (TPSA) is 268 Å². The van der Waals surface area contributed by atoms with Crippen molar-refractivity contribution in [3.63, 3.8) is 0 Å². The number of hydrogen-bond acceptors (Lipinski definition) is 14. The van der Waals surface area contributed by atoms with Crippen molar-refractivity contribution < 1.29 is 72.0 Å². The minimum atomic E-state index is -1.76. The third-order valence-corrected chi connectivity index (χ3v) is 14.3. The maximum Gasteiger partial charge on any atom is 0.410 e. The Bertz CT molecular complexity index is 2330. The Morgan fingerprint density at radius 3 is 1.85 bits per heavy atom. The number of carboxylic acid groups (broad SMARTS) is 1. The molecule has 442 valence electrons. The van der Waals surface area contributed by atoms with Crippen LogP contribution in [0.3, 0.4) is 0 Å². The zero-order valence-electron chi connectivity index (χ0n) is 49.5. The van der Waals surface area contributed by atoms with E-state index in [0.29, 0.717) is 30.7 Å². The molecule has 0 radical (unpaired) electrons. The second kappa shape index (κ2) is 29.2. The smallest absolute Gasteiger partial charge is 0.410 e. The number of likely N-dealkylation sites (N-methyl/N-ethyl adjacent to an activating group) is 2. The standard InChI is InChI=1S/C57H89N7O15/c1-18-35(6)48(41(76-16)30-44(67)63-28-22-25-39(63)49(77-17)36(7)50(69)58-38(54(73)74)29-37-23-20-19-21-24-37)61(15)53(72)46(33(2)3)59-51(70)47(34(4)5)60(14)52(71)40(64-42(65)26-27-43(64)66)31-62(55(75)79-57(11,12)13)32-45(68)78-56(8,9)10/h19-21,23-24,26-27,33-36,38-41,46-49H,18,22,25,28-32H2,1-17H3,(H,58,69)(H,59,70)(H,73,74)/t35-,36+,38-,39-,40-,41+,46-,47+,48+,49-/m0/s1. The number of carbonyl (C=O) groups excluding carboxylic acids is 9. The first-order valence-electron chi connectivity index (χ1n) is 27.2. The molecule has 22 heteroatoms. The van der Waals surface area contributed by atoms with Crippen LogP contribution >= 0.6 is 0 Å². The molecule has 3 N–H and O–H groups in total. The van der Waals surface area contributed by atoms with E-state index >= 15 is 0 Å². The van der Waals surface area contributed by atoms with Crippen LogP contribution in [-0.2, 0) is 68.5 Å². The number of esters is 1. The van der Waals surface area contributed by atoms with Gasteiger partial charge >= 0.3 is 18.0 Å². The molecule has 10 atom stereocenters. The van der Waals surface area contributed by atoms with Gasteiger partial charge in [0.05, 0.1) is 43.2 Å². The molecule has 79 heavy (non-hydrogen) atoms. The summed E-state index contributed by atoms with van der Waals surface area (Å²) < 4.78 is 23.0. The molecule has 1 aromatic carbocycles. The van der Waals surface area contributed by atoms with Crippen LogP contribution in [0.4, 0.5) is 4.79 Å². The van der Waals surface area contributed by atoms with Gasteiger partial charge in [0.2, 0.25) is 29.5 Å². The van der Waals surface area contributed by atoms with Crippen LogP contribution in [-0.4, -0.2) is 197 Å². The second-order valence-electron chi connectivity index (χ2n) is 23.4. The summed E-state index contributed by atoms with van der Waals surface area (Å²) in [5, 5.41) is 15.5. The van der Waals surface area contributed by atoms with E-state index in [1.807, 2.05) is 19.9 Å². The number of carboxylic acids is 1. The van der Waals surface area contributed by atoms with E-state index in [9.17, 15) is 53.1 Å². The molecular weight excluding hydrogens is 1020 g/mol. The maximum atomic E-state index is 14.9. The first kappa shape index (κ1) is 66.9. The number of nitrogens with one attached hydrogen (secondary N) is 2. The monoisotopic (exact) mass is 1110 g/mol. The molecular formula is C57H89N7O15. The van der Waals surface area contributed by atoms with E-state index < -0.39 is 144 Å². The Morgan fingerprint density at radius 1 is 0.772 bits per heavy atom. The Kier molecular flexibility index (Phi) is 24.7. The lowest BCUT2D eigenvalue weighted by Gasteiger charge is -2.41. The number of benzene rings is 1. The fourth-order valence-corrected chi connectivity index (χ4v) is 10.2. The van der Waals surface area contributed by atoms with Crippen LogP contribution in [0.1, 0.15) is 121 Å². The summed E-state index contributed by atoms with van der Waals surface area (Å²) in [6.07, 6.45) is 0.819. The highest BCUT2D eigenvalue weighted by Gasteiger charge is 2.46. The lowest BCUT2D eigenvalue weighted by molar-refractivity contribution is -0.157. The summed E-state index contributed by atoms with van der Waals surface area (Å²) in [5.74, 6) is -9.10. The molecule has 1 saturated heterocycles. The lowest BCUT2D eigenvalue weighted by Crippen LogP contribution is -2.63. The van der Waals surface area contributed by atoms with Crippen molar-refractivity contribution in [2.24, 2.45) is 23.7 Å². The number of ether oxygens (including phenoxy) is 4. The number of imide groups is 1. The fraction of sp³-hybridized carbons (Fsp3) is 0.684. The van der Waals surface area contributed by atoms with Crippen molar-refractivity contribution in [1.82, 2.24) is 35.1 Å². The molecule has 0 aliphatic carbocycles. The molecule has 0 bridgehead atoms. The summed E-state index contributed by atoms with van der Waals surface area (Å²) in [7, 11) is 5.77. The number of methoxy groups -OCH3 is 2. The molecule has 2 aliphatic rings. The summed E-state index contributed by atoms with van der Waals surface area (Å²) >= 11 is 0. The van der Waals surface area contributed by atoms with E-state index in [2.05, 4.69) is 10.6 Å². The zero-order chi connectivity index (χ0) is 60.0. The number of rotatable bonds is 27. The summed E-state index contributed by atoms with van der Waals surface area (Å²) in [6.45, 7) is 20.9. The Labute approximate surface area is 466 Å². The van der Waals surface area contributed by atoms with Gasteiger partial charge in [0.25, 0.3) is 11.8 Å². The van der Waals surface area contributed by atoms with Gasteiger partial charge in [0, 0.05) is 53.4 Å². The van der Waals surface area contributed by atoms with Crippen LogP contribution in [0.2, 0.25) is 0 Å². The molecule has 1 aromatic rings. The minimum absolute atomic E-state index is 0.0692. The van der Waals surface area contributed by atoms with Gasteiger partial charge in [-0.2, -0.15) is 0 Å². The average molecular weight is 1110 g/mol. The molecule has 1 fully saturated rings. The molecule has 3 rings (SSSR count). The average Bonchev–Trinajstić information content (AvgIpc) is 3.98. The van der Waals surface area contributed by atoms with Crippen molar-refractivity contribution in [2.45, 2.75) is 182 Å². The highest BCUT2D eigenvalue weighted by Crippen LogP contribution is 2.30. The number of nitrogens with zero attached hydrogens (tertiary/aromatic N) is 5. The van der Waals surface area contributed by atoms with Crippen molar-refractivity contribution in [3.8, 4) is 0 Å². The van der Waals surface area contributed by atoms with Crippen LogP contribution in [0, 0.1) is 23.7 Å². The van der Waals surface area contributed by atoms with Gasteiger partial charge in [-0.1, -0.05) is 85.2 Å². The van der Waals surface area contributed by atoms with Gasteiger partial charge in [0.1, 0.15) is 41.9 Å². The van der Waals surface area contributed by atoms with Gasteiger partial charge in [-0.25, -0.2) is 9.59 Å². The van der Waals surface area contributed by atoms with Gasteiger partial charge in [-0.3, -0.25) is 48.2 Å². The molecule has 8 amide bonds. The van der Waals surface area contributed by atoms with Crippen LogP contribution in [0.15, 0.2) is 42.5 Å². The molecule has 0 saturated carbocycles.